The minimum Gasteiger partial charge on any atom is -0.361 e. The molecule has 2 aromatic carbocycles. The molecule has 0 bridgehead atoms. The number of nitrogens with zero attached hydrogens (tertiary/aromatic N) is 2. The average Bonchev–Trinajstić information content (AvgIpc) is 2.94. The number of nitrogens with two attached hydrogens (primary N) is 1. The Labute approximate surface area is 161 Å². The minimum atomic E-state index is -4.98. The standard InChI is InChI=1S/C16H13BrF3N3O3S/c17-11-3-1-10(2-4-11)14-22-15(24,16(18,19)20)9-23(14)12-5-7-13(8-6-12)27(21,25)26/h1-8,24H,9H2,(H2,21,25,26). The van der Waals surface area contributed by atoms with Gasteiger partial charge in [-0.15, -0.1) is 0 Å². The third-order valence-electron chi connectivity index (χ3n) is 3.96. The normalized spacial score (nSPS) is 20.7. The molecule has 0 amide bonds. The van der Waals surface area contributed by atoms with Crippen molar-refractivity contribution in [2.24, 2.45) is 10.1 Å². The summed E-state index contributed by atoms with van der Waals surface area (Å²) in [6, 6.07) is 11.3. The van der Waals surface area contributed by atoms with Crippen LogP contribution in [0.4, 0.5) is 18.9 Å². The van der Waals surface area contributed by atoms with Crippen LogP contribution in [-0.4, -0.2) is 37.8 Å². The molecule has 0 saturated carbocycles. The molecule has 0 radical (unpaired) electrons. The van der Waals surface area contributed by atoms with E-state index in [0.29, 0.717) is 5.56 Å². The number of aliphatic imine (C=N–C) groups is 1. The fraction of sp³-hybridized carbons (Fsp3) is 0.188. The molecular formula is C16H13BrF3N3O3S. The van der Waals surface area contributed by atoms with Crippen molar-refractivity contribution in [1.29, 1.82) is 0 Å². The van der Waals surface area contributed by atoms with Crippen LogP contribution in [0.15, 0.2) is 62.9 Å². The molecule has 1 aliphatic rings. The lowest BCUT2D eigenvalue weighted by Crippen LogP contribution is -2.47. The van der Waals surface area contributed by atoms with E-state index in [1.54, 1.807) is 24.3 Å². The largest absolute Gasteiger partial charge is 0.440 e. The molecule has 144 valence electrons. The van der Waals surface area contributed by atoms with E-state index in [9.17, 15) is 26.7 Å². The summed E-state index contributed by atoms with van der Waals surface area (Å²) >= 11 is 3.24. The first kappa shape index (κ1) is 19.8. The van der Waals surface area contributed by atoms with Crippen molar-refractivity contribution in [2.75, 3.05) is 11.4 Å². The summed E-state index contributed by atoms with van der Waals surface area (Å²) < 4.78 is 63.4. The van der Waals surface area contributed by atoms with Crippen molar-refractivity contribution in [1.82, 2.24) is 0 Å². The van der Waals surface area contributed by atoms with Gasteiger partial charge in [-0.2, -0.15) is 13.2 Å². The van der Waals surface area contributed by atoms with Gasteiger partial charge in [0.1, 0.15) is 5.84 Å². The van der Waals surface area contributed by atoms with E-state index in [-0.39, 0.29) is 16.4 Å². The molecule has 2 aromatic rings. The van der Waals surface area contributed by atoms with Crippen LogP contribution in [0.5, 0.6) is 0 Å². The van der Waals surface area contributed by atoms with E-state index >= 15 is 0 Å². The molecule has 3 N–H and O–H groups in total. The first-order valence-corrected chi connectivity index (χ1v) is 9.80. The fourth-order valence-electron chi connectivity index (χ4n) is 2.57. The second kappa shape index (κ2) is 6.59. The Morgan fingerprint density at radius 3 is 2.15 bits per heavy atom. The molecule has 0 saturated heterocycles. The van der Waals surface area contributed by atoms with E-state index in [4.69, 9.17) is 5.14 Å². The minimum absolute atomic E-state index is 0.0920. The van der Waals surface area contributed by atoms with Gasteiger partial charge in [0.05, 0.1) is 11.4 Å². The first-order chi connectivity index (χ1) is 12.4. The van der Waals surface area contributed by atoms with Crippen molar-refractivity contribution in [3.8, 4) is 0 Å². The second-order valence-electron chi connectivity index (χ2n) is 5.88. The summed E-state index contributed by atoms with van der Waals surface area (Å²) in [4.78, 5) is 4.52. The summed E-state index contributed by atoms with van der Waals surface area (Å²) in [6.07, 6.45) is -4.98. The van der Waals surface area contributed by atoms with Crippen molar-refractivity contribution >= 4 is 37.5 Å². The number of primary sulfonamides is 1. The van der Waals surface area contributed by atoms with E-state index in [1.165, 1.54) is 29.2 Å². The SMILES string of the molecule is NS(=O)(=O)c1ccc(N2CC(O)(C(F)(F)F)N=C2c2ccc(Br)cc2)cc1. The molecule has 6 nitrogen and oxygen atoms in total. The van der Waals surface area contributed by atoms with Gasteiger partial charge in [-0.3, -0.25) is 0 Å². The third-order valence-corrected chi connectivity index (χ3v) is 5.42. The van der Waals surface area contributed by atoms with E-state index in [0.717, 1.165) is 4.47 Å². The molecule has 1 aliphatic heterocycles. The Bertz CT molecular complexity index is 992. The number of benzene rings is 2. The number of rotatable bonds is 3. The lowest BCUT2D eigenvalue weighted by molar-refractivity contribution is -0.249. The zero-order valence-electron chi connectivity index (χ0n) is 13.5. The number of alkyl halides is 3. The molecule has 1 heterocycles. The Balaban J connectivity index is 2.07. The highest BCUT2D eigenvalue weighted by molar-refractivity contribution is 9.10. The zero-order chi connectivity index (χ0) is 20.0. The monoisotopic (exact) mass is 463 g/mol. The quantitative estimate of drug-likeness (QED) is 0.730. The molecule has 3 rings (SSSR count). The maximum absolute atomic E-state index is 13.3. The van der Waals surface area contributed by atoms with Gasteiger partial charge in [-0.1, -0.05) is 28.1 Å². The van der Waals surface area contributed by atoms with Crippen LogP contribution in [0.3, 0.4) is 0 Å². The van der Waals surface area contributed by atoms with Crippen LogP contribution in [0.25, 0.3) is 0 Å². The highest BCUT2D eigenvalue weighted by Crippen LogP contribution is 2.39. The fourth-order valence-corrected chi connectivity index (χ4v) is 3.35. The maximum atomic E-state index is 13.3. The van der Waals surface area contributed by atoms with Crippen LogP contribution in [0.1, 0.15) is 5.56 Å². The predicted molar refractivity (Wildman–Crippen MR) is 96.8 cm³/mol. The number of anilines is 1. The van der Waals surface area contributed by atoms with E-state index in [2.05, 4.69) is 20.9 Å². The molecule has 11 heteroatoms. The first-order valence-electron chi connectivity index (χ1n) is 7.46. The Kier molecular flexibility index (Phi) is 4.83. The van der Waals surface area contributed by atoms with Crippen molar-refractivity contribution in [2.45, 2.75) is 16.8 Å². The van der Waals surface area contributed by atoms with Gasteiger partial charge in [0.25, 0.3) is 5.72 Å². The summed E-state index contributed by atoms with van der Waals surface area (Å²) in [5.41, 5.74) is -2.70. The molecular weight excluding hydrogens is 451 g/mol. The van der Waals surface area contributed by atoms with Gasteiger partial charge in [-0.25, -0.2) is 18.5 Å². The van der Waals surface area contributed by atoms with Crippen LogP contribution in [0, 0.1) is 0 Å². The highest BCUT2D eigenvalue weighted by atomic mass is 79.9. The van der Waals surface area contributed by atoms with Crippen molar-refractivity contribution in [3.05, 3.63) is 58.6 Å². The molecule has 27 heavy (non-hydrogen) atoms. The second-order valence-corrected chi connectivity index (χ2v) is 8.36. The number of hydrogen-bond acceptors (Lipinski definition) is 5. The lowest BCUT2D eigenvalue weighted by atomic mass is 10.1. The number of sulfonamides is 1. The molecule has 0 spiro atoms. The molecule has 1 atom stereocenters. The van der Waals surface area contributed by atoms with E-state index in [1.807, 2.05) is 0 Å². The van der Waals surface area contributed by atoms with Gasteiger partial charge in [0.15, 0.2) is 0 Å². The molecule has 0 aliphatic carbocycles. The summed E-state index contributed by atoms with van der Waals surface area (Å²) in [6.45, 7) is -0.864. The number of β-amino-alcohol motifs (C(OH)–C–C–N with tert-alkyl or cyclic N) is 1. The summed E-state index contributed by atoms with van der Waals surface area (Å²) in [7, 11) is -3.94. The van der Waals surface area contributed by atoms with Gasteiger partial charge in [0, 0.05) is 15.7 Å². The summed E-state index contributed by atoms with van der Waals surface area (Å²) in [5, 5.41) is 15.1. The van der Waals surface area contributed by atoms with Crippen molar-refractivity contribution in [3.63, 3.8) is 0 Å². The van der Waals surface area contributed by atoms with Gasteiger partial charge in [-0.05, 0) is 36.4 Å². The molecule has 1 unspecified atom stereocenters. The van der Waals surface area contributed by atoms with Gasteiger partial charge >= 0.3 is 6.18 Å². The smallest absolute Gasteiger partial charge is 0.361 e. The Morgan fingerprint density at radius 2 is 1.67 bits per heavy atom. The number of hydrogen-bond donors (Lipinski definition) is 2. The van der Waals surface area contributed by atoms with Crippen LogP contribution >= 0.6 is 15.9 Å². The van der Waals surface area contributed by atoms with Gasteiger partial charge in [0.2, 0.25) is 10.0 Å². The van der Waals surface area contributed by atoms with Crippen LogP contribution in [0.2, 0.25) is 0 Å². The Hall–Kier alpha value is -1.95. The summed E-state index contributed by atoms with van der Waals surface area (Å²) in [5.74, 6) is -0.0920. The van der Waals surface area contributed by atoms with E-state index < -0.39 is 28.5 Å². The maximum Gasteiger partial charge on any atom is 0.440 e. The molecule has 0 aromatic heterocycles. The Morgan fingerprint density at radius 1 is 1.11 bits per heavy atom. The van der Waals surface area contributed by atoms with Gasteiger partial charge < -0.3 is 10.0 Å². The van der Waals surface area contributed by atoms with Crippen LogP contribution < -0.4 is 10.0 Å². The van der Waals surface area contributed by atoms with Crippen LogP contribution in [-0.2, 0) is 10.0 Å². The zero-order valence-corrected chi connectivity index (χ0v) is 15.9. The predicted octanol–water partition coefficient (Wildman–Crippen LogP) is 2.61. The topological polar surface area (TPSA) is 96.0 Å². The number of halogens is 4. The number of aliphatic hydroxyl groups is 1. The molecule has 0 fully saturated rings. The average molecular weight is 464 g/mol. The van der Waals surface area contributed by atoms with Crippen molar-refractivity contribution < 1.29 is 26.7 Å². The number of amidine groups is 1. The highest BCUT2D eigenvalue weighted by Gasteiger charge is 2.58. The lowest BCUT2D eigenvalue weighted by Gasteiger charge is -2.25. The third kappa shape index (κ3) is 3.86.